The molecule has 1 aliphatic rings. The molecule has 0 radical (unpaired) electrons. The van der Waals surface area contributed by atoms with Crippen molar-refractivity contribution in [3.63, 3.8) is 0 Å². The van der Waals surface area contributed by atoms with Crippen LogP contribution in [-0.4, -0.2) is 31.2 Å². The van der Waals surface area contributed by atoms with E-state index in [0.29, 0.717) is 13.0 Å². The van der Waals surface area contributed by atoms with E-state index in [2.05, 4.69) is 5.32 Å². The van der Waals surface area contributed by atoms with Gasteiger partial charge < -0.3 is 5.32 Å². The van der Waals surface area contributed by atoms with Gasteiger partial charge in [0.1, 0.15) is 5.82 Å². The van der Waals surface area contributed by atoms with Crippen molar-refractivity contribution in [1.29, 1.82) is 0 Å². The highest BCUT2D eigenvalue weighted by molar-refractivity contribution is 7.89. The molecule has 3 rings (SSSR count). The third-order valence-corrected chi connectivity index (χ3v) is 7.25. The topological polar surface area (TPSA) is 66.5 Å². The van der Waals surface area contributed by atoms with Crippen molar-refractivity contribution in [2.45, 2.75) is 49.7 Å². The Kier molecular flexibility index (Phi) is 6.70. The van der Waals surface area contributed by atoms with Crippen LogP contribution in [0.2, 0.25) is 0 Å². The molecule has 1 fully saturated rings. The van der Waals surface area contributed by atoms with E-state index >= 15 is 0 Å². The Balaban J connectivity index is 1.86. The second-order valence-electron chi connectivity index (χ2n) is 7.34. The third-order valence-electron chi connectivity index (χ3n) is 5.30. The fourth-order valence-corrected chi connectivity index (χ4v) is 5.41. The number of piperidine rings is 1. The van der Waals surface area contributed by atoms with Crippen LogP contribution in [-0.2, 0) is 16.2 Å². The molecular weight excluding hydrogens is 436 g/mol. The van der Waals surface area contributed by atoms with Gasteiger partial charge in [0.15, 0.2) is 0 Å². The SMILES string of the molecule is CC[C@H]1CCCCN1S(=O)(=O)c1ccc(F)c(C(=O)Nc2ccc(C(F)(F)F)cc2)c1. The van der Waals surface area contributed by atoms with Crippen LogP contribution in [0.15, 0.2) is 47.4 Å². The van der Waals surface area contributed by atoms with Crippen LogP contribution in [0.4, 0.5) is 23.2 Å². The van der Waals surface area contributed by atoms with Crippen LogP contribution < -0.4 is 5.32 Å². The summed E-state index contributed by atoms with van der Waals surface area (Å²) in [6.07, 6.45) is -1.51. The lowest BCUT2D eigenvalue weighted by molar-refractivity contribution is -0.137. The normalized spacial score (nSPS) is 18.0. The molecule has 5 nitrogen and oxygen atoms in total. The van der Waals surface area contributed by atoms with E-state index in [1.165, 1.54) is 4.31 Å². The second-order valence-corrected chi connectivity index (χ2v) is 9.24. The van der Waals surface area contributed by atoms with E-state index in [1.54, 1.807) is 0 Å². The van der Waals surface area contributed by atoms with Gasteiger partial charge in [0, 0.05) is 18.3 Å². The second kappa shape index (κ2) is 8.96. The van der Waals surface area contributed by atoms with Crippen LogP contribution in [0.5, 0.6) is 0 Å². The molecule has 1 N–H and O–H groups in total. The molecule has 1 amide bonds. The molecule has 1 heterocycles. The number of sulfonamides is 1. The van der Waals surface area contributed by atoms with E-state index < -0.39 is 39.1 Å². The van der Waals surface area contributed by atoms with Crippen molar-refractivity contribution in [2.24, 2.45) is 0 Å². The van der Waals surface area contributed by atoms with Gasteiger partial charge in [0.2, 0.25) is 10.0 Å². The van der Waals surface area contributed by atoms with Crippen LogP contribution >= 0.6 is 0 Å². The Hall–Kier alpha value is -2.46. The van der Waals surface area contributed by atoms with Crippen molar-refractivity contribution in [1.82, 2.24) is 4.31 Å². The first-order valence-corrected chi connectivity index (χ1v) is 11.3. The van der Waals surface area contributed by atoms with Crippen LogP contribution in [0, 0.1) is 5.82 Å². The van der Waals surface area contributed by atoms with Gasteiger partial charge in [-0.3, -0.25) is 4.79 Å². The number of rotatable bonds is 5. The zero-order valence-corrected chi connectivity index (χ0v) is 17.6. The van der Waals surface area contributed by atoms with E-state index in [9.17, 15) is 30.8 Å². The average Bonchev–Trinajstić information content (AvgIpc) is 2.73. The highest BCUT2D eigenvalue weighted by Crippen LogP contribution is 2.30. The highest BCUT2D eigenvalue weighted by atomic mass is 32.2. The third kappa shape index (κ3) is 5.07. The summed E-state index contributed by atoms with van der Waals surface area (Å²) in [6.45, 7) is 2.25. The van der Waals surface area contributed by atoms with Crippen molar-refractivity contribution in [2.75, 3.05) is 11.9 Å². The van der Waals surface area contributed by atoms with Gasteiger partial charge in [0.25, 0.3) is 5.91 Å². The summed E-state index contributed by atoms with van der Waals surface area (Å²) in [5.41, 5.74) is -1.38. The molecule has 1 saturated heterocycles. The molecule has 1 aliphatic heterocycles. The Labute approximate surface area is 178 Å². The van der Waals surface area contributed by atoms with Gasteiger partial charge >= 0.3 is 6.18 Å². The number of anilines is 1. The summed E-state index contributed by atoms with van der Waals surface area (Å²) in [5.74, 6) is -1.89. The number of alkyl halides is 3. The lowest BCUT2D eigenvalue weighted by atomic mass is 10.0. The molecule has 0 unspecified atom stereocenters. The number of amides is 1. The summed E-state index contributed by atoms with van der Waals surface area (Å²) in [6, 6.07) is 6.47. The van der Waals surface area contributed by atoms with E-state index in [1.807, 2.05) is 6.92 Å². The molecule has 0 spiro atoms. The standard InChI is InChI=1S/C21H22F4N2O3S/c1-2-16-5-3-4-12-27(16)31(29,30)17-10-11-19(22)18(13-17)20(28)26-15-8-6-14(7-9-15)21(23,24)25/h6-11,13,16H,2-5,12H2,1H3,(H,26,28)/t16-/m0/s1. The fraction of sp³-hybridized carbons (Fsp3) is 0.381. The predicted octanol–water partition coefficient (Wildman–Crippen LogP) is 5.05. The molecule has 2 aromatic carbocycles. The maximum absolute atomic E-state index is 14.3. The molecule has 0 saturated carbocycles. The van der Waals surface area contributed by atoms with Crippen LogP contribution in [0.3, 0.4) is 0 Å². The molecule has 0 aromatic heterocycles. The van der Waals surface area contributed by atoms with Gasteiger partial charge in [-0.25, -0.2) is 12.8 Å². The minimum absolute atomic E-state index is 0.0211. The number of carbonyl (C=O) groups excluding carboxylic acids is 1. The number of hydrogen-bond donors (Lipinski definition) is 1. The summed E-state index contributed by atoms with van der Waals surface area (Å²) < 4.78 is 79.9. The quantitative estimate of drug-likeness (QED) is 0.638. The first-order chi connectivity index (χ1) is 14.5. The van der Waals surface area contributed by atoms with Crippen LogP contribution in [0.25, 0.3) is 0 Å². The lowest BCUT2D eigenvalue weighted by Gasteiger charge is -2.34. The van der Waals surface area contributed by atoms with Gasteiger partial charge in [0.05, 0.1) is 16.0 Å². The maximum atomic E-state index is 14.3. The van der Waals surface area contributed by atoms with Gasteiger partial charge in [-0.05, 0) is 61.7 Å². The average molecular weight is 458 g/mol. The summed E-state index contributed by atoms with van der Waals surface area (Å²) >= 11 is 0. The molecule has 31 heavy (non-hydrogen) atoms. The molecule has 10 heteroatoms. The molecule has 168 valence electrons. The van der Waals surface area contributed by atoms with Crippen molar-refractivity contribution < 1.29 is 30.8 Å². The smallest absolute Gasteiger partial charge is 0.322 e. The van der Waals surface area contributed by atoms with E-state index in [4.69, 9.17) is 0 Å². The molecule has 0 bridgehead atoms. The Morgan fingerprint density at radius 3 is 2.42 bits per heavy atom. The summed E-state index contributed by atoms with van der Waals surface area (Å²) in [7, 11) is -3.93. The zero-order valence-electron chi connectivity index (χ0n) is 16.7. The summed E-state index contributed by atoms with van der Waals surface area (Å²) in [4.78, 5) is 12.3. The molecular formula is C21H22F4N2O3S. The van der Waals surface area contributed by atoms with Gasteiger partial charge in [-0.2, -0.15) is 17.5 Å². The number of carbonyl (C=O) groups is 1. The zero-order chi connectivity index (χ0) is 22.8. The number of nitrogens with zero attached hydrogens (tertiary/aromatic N) is 1. The highest BCUT2D eigenvalue weighted by Gasteiger charge is 2.33. The number of halogens is 4. The fourth-order valence-electron chi connectivity index (χ4n) is 3.61. The molecule has 2 aromatic rings. The Morgan fingerprint density at radius 1 is 1.13 bits per heavy atom. The molecule has 0 aliphatic carbocycles. The van der Waals surface area contributed by atoms with Gasteiger partial charge in [-0.1, -0.05) is 13.3 Å². The Bertz CT molecular complexity index is 1050. The first-order valence-electron chi connectivity index (χ1n) is 9.84. The monoisotopic (exact) mass is 458 g/mol. The Morgan fingerprint density at radius 2 is 1.81 bits per heavy atom. The van der Waals surface area contributed by atoms with Gasteiger partial charge in [-0.15, -0.1) is 0 Å². The largest absolute Gasteiger partial charge is 0.416 e. The predicted molar refractivity (Wildman–Crippen MR) is 108 cm³/mol. The van der Waals surface area contributed by atoms with Crippen molar-refractivity contribution in [3.05, 3.63) is 59.4 Å². The van der Waals surface area contributed by atoms with E-state index in [0.717, 1.165) is 61.7 Å². The lowest BCUT2D eigenvalue weighted by Crippen LogP contribution is -2.43. The number of hydrogen-bond acceptors (Lipinski definition) is 3. The van der Waals surface area contributed by atoms with E-state index in [-0.39, 0.29) is 16.6 Å². The summed E-state index contributed by atoms with van der Waals surface area (Å²) in [5, 5.41) is 2.30. The first kappa shape index (κ1) is 23.2. The number of nitrogens with one attached hydrogen (secondary N) is 1. The molecule has 1 atom stereocenters. The van der Waals surface area contributed by atoms with Crippen LogP contribution in [0.1, 0.15) is 48.5 Å². The minimum atomic E-state index is -4.53. The minimum Gasteiger partial charge on any atom is -0.322 e. The number of benzene rings is 2. The van der Waals surface area contributed by atoms with Crippen molar-refractivity contribution in [3.8, 4) is 0 Å². The maximum Gasteiger partial charge on any atom is 0.416 e. The van der Waals surface area contributed by atoms with Crippen molar-refractivity contribution >= 4 is 21.6 Å².